The Hall–Kier alpha value is -1.10. The minimum absolute atomic E-state index is 0.152. The highest BCUT2D eigenvalue weighted by molar-refractivity contribution is 5.78. The van der Waals surface area contributed by atoms with Gasteiger partial charge >= 0.3 is 0 Å². The molecule has 0 bridgehead atoms. The Balaban J connectivity index is 1.55. The van der Waals surface area contributed by atoms with Crippen molar-refractivity contribution in [1.29, 1.82) is 0 Å². The average Bonchev–Trinajstić information content (AvgIpc) is 3.03. The number of nitrogens with one attached hydrogen (secondary N) is 1. The normalized spacial score (nSPS) is 30.5. The summed E-state index contributed by atoms with van der Waals surface area (Å²) in [4.78, 5) is 28.4. The number of amides is 2. The molecule has 3 atom stereocenters. The monoisotopic (exact) mass is 307 g/mol. The highest BCUT2D eigenvalue weighted by Crippen LogP contribution is 2.32. The first kappa shape index (κ1) is 15.8. The molecule has 2 heterocycles. The predicted molar refractivity (Wildman–Crippen MR) is 85.3 cm³/mol. The quantitative estimate of drug-likeness (QED) is 0.835. The van der Waals surface area contributed by atoms with Crippen LogP contribution in [0.4, 0.5) is 0 Å². The Morgan fingerprint density at radius 1 is 1.09 bits per heavy atom. The van der Waals surface area contributed by atoms with E-state index in [4.69, 9.17) is 0 Å². The predicted octanol–water partition coefficient (Wildman–Crippen LogP) is 1.38. The van der Waals surface area contributed by atoms with Crippen LogP contribution in [0.3, 0.4) is 0 Å². The lowest BCUT2D eigenvalue weighted by Crippen LogP contribution is -2.50. The van der Waals surface area contributed by atoms with Crippen molar-refractivity contribution < 1.29 is 9.59 Å². The maximum absolute atomic E-state index is 12.3. The Labute approximate surface area is 133 Å². The lowest BCUT2D eigenvalue weighted by atomic mass is 10.0. The molecule has 1 N–H and O–H groups in total. The molecule has 0 radical (unpaired) electrons. The molecule has 2 aliphatic heterocycles. The molecule has 1 aliphatic carbocycles. The summed E-state index contributed by atoms with van der Waals surface area (Å²) in [6.07, 6.45) is 6.94. The van der Waals surface area contributed by atoms with Crippen LogP contribution in [-0.2, 0) is 9.59 Å². The van der Waals surface area contributed by atoms with Gasteiger partial charge in [-0.2, -0.15) is 0 Å². The fraction of sp³-hybridized carbons (Fsp3) is 0.882. The van der Waals surface area contributed by atoms with Gasteiger partial charge in [-0.15, -0.1) is 0 Å². The van der Waals surface area contributed by atoms with E-state index in [2.05, 4.69) is 17.1 Å². The maximum atomic E-state index is 12.3. The van der Waals surface area contributed by atoms with E-state index < -0.39 is 0 Å². The van der Waals surface area contributed by atoms with E-state index in [9.17, 15) is 9.59 Å². The van der Waals surface area contributed by atoms with Gasteiger partial charge in [0.25, 0.3) is 0 Å². The largest absolute Gasteiger partial charge is 0.352 e. The molecule has 0 aromatic rings. The zero-order valence-electron chi connectivity index (χ0n) is 13.9. The Bertz CT molecular complexity index is 436. The van der Waals surface area contributed by atoms with Crippen molar-refractivity contribution >= 4 is 11.8 Å². The van der Waals surface area contributed by atoms with E-state index in [0.717, 1.165) is 38.8 Å². The first-order valence-electron chi connectivity index (χ1n) is 8.87. The van der Waals surface area contributed by atoms with Crippen molar-refractivity contribution in [3.63, 3.8) is 0 Å². The summed E-state index contributed by atoms with van der Waals surface area (Å²) < 4.78 is 0. The van der Waals surface area contributed by atoms with Crippen LogP contribution in [0.15, 0.2) is 0 Å². The number of likely N-dealkylation sites (tertiary alicyclic amines) is 2. The van der Waals surface area contributed by atoms with E-state index in [1.54, 1.807) is 6.92 Å². The Kier molecular flexibility index (Phi) is 4.71. The topological polar surface area (TPSA) is 52.7 Å². The number of hydrogen-bond donors (Lipinski definition) is 1. The highest BCUT2D eigenvalue weighted by atomic mass is 16.2. The molecule has 124 valence electrons. The molecule has 0 aromatic carbocycles. The molecule has 0 unspecified atom stereocenters. The number of carbonyl (C=O) groups excluding carboxylic acids is 2. The van der Waals surface area contributed by atoms with Crippen molar-refractivity contribution in [2.24, 2.45) is 5.92 Å². The molecule has 3 aliphatic rings. The van der Waals surface area contributed by atoms with Crippen molar-refractivity contribution in [3.8, 4) is 0 Å². The summed E-state index contributed by atoms with van der Waals surface area (Å²) in [6.45, 7) is 6.14. The fourth-order valence-corrected chi connectivity index (χ4v) is 4.27. The lowest BCUT2D eigenvalue weighted by molar-refractivity contribution is -0.130. The van der Waals surface area contributed by atoms with Gasteiger partial charge in [-0.05, 0) is 57.9 Å². The van der Waals surface area contributed by atoms with Crippen LogP contribution in [0, 0.1) is 5.92 Å². The minimum Gasteiger partial charge on any atom is -0.352 e. The molecule has 5 nitrogen and oxygen atoms in total. The molecular formula is C17H29N3O2. The average molecular weight is 307 g/mol. The van der Waals surface area contributed by atoms with Gasteiger partial charge in [0.15, 0.2) is 0 Å². The first-order valence-corrected chi connectivity index (χ1v) is 8.87. The van der Waals surface area contributed by atoms with Gasteiger partial charge in [-0.25, -0.2) is 0 Å². The summed E-state index contributed by atoms with van der Waals surface area (Å²) in [7, 11) is 0. The van der Waals surface area contributed by atoms with Crippen LogP contribution in [0.25, 0.3) is 0 Å². The highest BCUT2D eigenvalue weighted by Gasteiger charge is 2.39. The zero-order chi connectivity index (χ0) is 15.7. The molecule has 5 heteroatoms. The van der Waals surface area contributed by atoms with Crippen LogP contribution >= 0.6 is 0 Å². The Morgan fingerprint density at radius 2 is 1.77 bits per heavy atom. The van der Waals surface area contributed by atoms with E-state index in [0.29, 0.717) is 30.6 Å². The third-order valence-corrected chi connectivity index (χ3v) is 5.63. The summed E-state index contributed by atoms with van der Waals surface area (Å²) in [5.41, 5.74) is 0. The zero-order valence-corrected chi connectivity index (χ0v) is 13.9. The second-order valence-electron chi connectivity index (χ2n) is 7.30. The van der Waals surface area contributed by atoms with Crippen LogP contribution in [0.5, 0.6) is 0 Å². The number of rotatable bonds is 5. The molecule has 3 fully saturated rings. The van der Waals surface area contributed by atoms with Gasteiger partial charge in [0.05, 0.1) is 6.54 Å². The van der Waals surface area contributed by atoms with Gasteiger partial charge in [0.1, 0.15) is 0 Å². The molecule has 0 spiro atoms. The Morgan fingerprint density at radius 3 is 2.45 bits per heavy atom. The molecule has 22 heavy (non-hydrogen) atoms. The molecule has 2 saturated heterocycles. The fourth-order valence-electron chi connectivity index (χ4n) is 4.27. The molecule has 2 amide bonds. The van der Waals surface area contributed by atoms with E-state index in [1.807, 2.05) is 4.90 Å². The van der Waals surface area contributed by atoms with E-state index in [1.165, 1.54) is 12.8 Å². The third-order valence-electron chi connectivity index (χ3n) is 5.63. The van der Waals surface area contributed by atoms with Crippen LogP contribution in [-0.4, -0.2) is 59.4 Å². The summed E-state index contributed by atoms with van der Waals surface area (Å²) in [5, 5.41) is 3.15. The molecular weight excluding hydrogens is 278 g/mol. The first-order chi connectivity index (χ1) is 10.6. The molecule has 1 saturated carbocycles. The van der Waals surface area contributed by atoms with Gasteiger partial charge in [0.2, 0.25) is 11.8 Å². The van der Waals surface area contributed by atoms with Gasteiger partial charge in [0, 0.05) is 31.6 Å². The summed E-state index contributed by atoms with van der Waals surface area (Å²) >= 11 is 0. The second kappa shape index (κ2) is 6.57. The third kappa shape index (κ3) is 3.45. The van der Waals surface area contributed by atoms with Crippen LogP contribution < -0.4 is 5.32 Å². The van der Waals surface area contributed by atoms with Gasteiger partial charge < -0.3 is 10.2 Å². The summed E-state index contributed by atoms with van der Waals surface area (Å²) in [6, 6.07) is 0.996. The van der Waals surface area contributed by atoms with Crippen LogP contribution in [0.1, 0.15) is 52.4 Å². The number of carbonyl (C=O) groups is 2. The van der Waals surface area contributed by atoms with Crippen molar-refractivity contribution in [2.45, 2.75) is 70.5 Å². The second-order valence-corrected chi connectivity index (χ2v) is 7.30. The van der Waals surface area contributed by atoms with E-state index in [-0.39, 0.29) is 11.8 Å². The van der Waals surface area contributed by atoms with Crippen molar-refractivity contribution in [1.82, 2.24) is 15.1 Å². The molecule has 0 aromatic heterocycles. The van der Waals surface area contributed by atoms with Gasteiger partial charge in [-0.3, -0.25) is 14.5 Å². The van der Waals surface area contributed by atoms with Crippen LogP contribution in [0.2, 0.25) is 0 Å². The summed E-state index contributed by atoms with van der Waals surface area (Å²) in [5.74, 6) is 1.03. The van der Waals surface area contributed by atoms with Gasteiger partial charge in [-0.1, -0.05) is 0 Å². The minimum atomic E-state index is 0.152. The lowest BCUT2D eigenvalue weighted by Gasteiger charge is -2.34. The number of hydrogen-bond acceptors (Lipinski definition) is 3. The smallest absolute Gasteiger partial charge is 0.234 e. The number of nitrogens with zero attached hydrogens (tertiary/aromatic N) is 2. The van der Waals surface area contributed by atoms with Crippen molar-refractivity contribution in [2.75, 3.05) is 19.6 Å². The molecule has 3 rings (SSSR count). The van der Waals surface area contributed by atoms with E-state index >= 15 is 0 Å². The standard InChI is InChI=1S/C17H29N3O2/c1-12(14-7-8-14)18-17(22)11-19-9-3-5-15(19)16-6-4-10-20(16)13(2)21/h12,14-16H,3-11H2,1-2H3,(H,18,22)/t12-,15-,16+/m0/s1. The van der Waals surface area contributed by atoms with Crippen molar-refractivity contribution in [3.05, 3.63) is 0 Å². The SMILES string of the molecule is CC(=O)N1CCC[C@@H]1[C@@H]1CCCN1CC(=O)N[C@@H](C)C1CC1. The maximum Gasteiger partial charge on any atom is 0.234 e.